The van der Waals surface area contributed by atoms with Crippen LogP contribution in [-0.4, -0.2) is 25.5 Å². The Morgan fingerprint density at radius 1 is 1.10 bits per heavy atom. The Bertz CT molecular complexity index is 315. The molecule has 1 aliphatic rings. The number of carbonyl (C=O) groups is 1. The van der Waals surface area contributed by atoms with Gasteiger partial charge in [-0.15, -0.1) is 0 Å². The molecular formula is C17H34N2O. The first-order valence-corrected chi connectivity index (χ1v) is 8.18. The van der Waals surface area contributed by atoms with Crippen LogP contribution in [0.1, 0.15) is 66.7 Å². The summed E-state index contributed by atoms with van der Waals surface area (Å²) in [6.07, 6.45) is 6.40. The molecule has 3 nitrogen and oxygen atoms in total. The zero-order valence-electron chi connectivity index (χ0n) is 14.3. The van der Waals surface area contributed by atoms with Gasteiger partial charge in [-0.2, -0.15) is 0 Å². The van der Waals surface area contributed by atoms with Crippen LogP contribution in [0.15, 0.2) is 0 Å². The van der Waals surface area contributed by atoms with Gasteiger partial charge in [0.1, 0.15) is 0 Å². The second kappa shape index (κ2) is 6.93. The molecule has 1 fully saturated rings. The summed E-state index contributed by atoms with van der Waals surface area (Å²) < 4.78 is 0. The van der Waals surface area contributed by atoms with Gasteiger partial charge in [0.05, 0.1) is 5.41 Å². The lowest BCUT2D eigenvalue weighted by atomic mass is 9.69. The Balaban J connectivity index is 2.38. The first-order chi connectivity index (χ1) is 9.23. The number of carbonyl (C=O) groups excluding carboxylic acids is 1. The van der Waals surface area contributed by atoms with E-state index < -0.39 is 0 Å². The Kier molecular flexibility index (Phi) is 6.06. The summed E-state index contributed by atoms with van der Waals surface area (Å²) in [4.78, 5) is 11.8. The van der Waals surface area contributed by atoms with Gasteiger partial charge in [-0.25, -0.2) is 0 Å². The minimum Gasteiger partial charge on any atom is -0.359 e. The second-order valence-electron chi connectivity index (χ2n) is 7.73. The van der Waals surface area contributed by atoms with E-state index in [0.717, 1.165) is 12.5 Å². The van der Waals surface area contributed by atoms with Crippen molar-refractivity contribution in [1.29, 1.82) is 0 Å². The Hall–Kier alpha value is -0.570. The maximum Gasteiger partial charge on any atom is 0.226 e. The largest absolute Gasteiger partial charge is 0.359 e. The van der Waals surface area contributed by atoms with Crippen molar-refractivity contribution in [3.63, 3.8) is 0 Å². The molecule has 0 bridgehead atoms. The molecule has 1 saturated carbocycles. The highest BCUT2D eigenvalue weighted by molar-refractivity contribution is 5.81. The lowest BCUT2D eigenvalue weighted by molar-refractivity contribution is -0.128. The smallest absolute Gasteiger partial charge is 0.226 e. The molecule has 0 aromatic rings. The summed E-state index contributed by atoms with van der Waals surface area (Å²) in [5, 5.41) is 6.35. The number of nitrogens with one attached hydrogen (secondary N) is 2. The van der Waals surface area contributed by atoms with Crippen molar-refractivity contribution in [3.8, 4) is 0 Å². The zero-order valence-corrected chi connectivity index (χ0v) is 14.3. The molecule has 0 saturated heterocycles. The van der Waals surface area contributed by atoms with E-state index in [1.807, 2.05) is 13.8 Å². The molecule has 1 rings (SSSR count). The summed E-state index contributed by atoms with van der Waals surface area (Å²) in [5.41, 5.74) is 0.153. The number of hydrogen-bond acceptors (Lipinski definition) is 2. The van der Waals surface area contributed by atoms with Gasteiger partial charge in [0.15, 0.2) is 0 Å². The van der Waals surface area contributed by atoms with Crippen molar-refractivity contribution in [2.75, 3.05) is 13.6 Å². The van der Waals surface area contributed by atoms with E-state index >= 15 is 0 Å². The highest BCUT2D eigenvalue weighted by atomic mass is 16.2. The van der Waals surface area contributed by atoms with Gasteiger partial charge in [-0.3, -0.25) is 4.79 Å². The fourth-order valence-corrected chi connectivity index (χ4v) is 3.19. The van der Waals surface area contributed by atoms with Gasteiger partial charge in [0.2, 0.25) is 5.91 Å². The van der Waals surface area contributed by atoms with Crippen LogP contribution in [0.5, 0.6) is 0 Å². The van der Waals surface area contributed by atoms with E-state index in [0.29, 0.717) is 11.5 Å². The number of rotatable bonds is 6. The summed E-state index contributed by atoms with van der Waals surface area (Å²) >= 11 is 0. The Labute approximate surface area is 125 Å². The first kappa shape index (κ1) is 17.5. The van der Waals surface area contributed by atoms with Crippen LogP contribution >= 0.6 is 0 Å². The lowest BCUT2D eigenvalue weighted by Crippen LogP contribution is -2.46. The molecule has 118 valence electrons. The van der Waals surface area contributed by atoms with Gasteiger partial charge in [0.25, 0.3) is 0 Å². The van der Waals surface area contributed by atoms with Crippen molar-refractivity contribution < 1.29 is 4.79 Å². The first-order valence-electron chi connectivity index (χ1n) is 8.18. The normalized spacial score (nSPS) is 24.5. The fraction of sp³-hybridized carbons (Fsp3) is 0.941. The van der Waals surface area contributed by atoms with Crippen LogP contribution in [0.2, 0.25) is 0 Å². The molecule has 0 aromatic carbocycles. The molecule has 0 aromatic heterocycles. The molecule has 0 aliphatic heterocycles. The average molecular weight is 282 g/mol. The molecule has 2 N–H and O–H groups in total. The highest BCUT2D eigenvalue weighted by Crippen LogP contribution is 2.40. The predicted octanol–water partition coefficient (Wildman–Crippen LogP) is 3.34. The average Bonchev–Trinajstić information content (AvgIpc) is 2.44. The molecule has 20 heavy (non-hydrogen) atoms. The summed E-state index contributed by atoms with van der Waals surface area (Å²) in [6.45, 7) is 11.9. The van der Waals surface area contributed by atoms with E-state index in [2.05, 4.69) is 31.4 Å². The quantitative estimate of drug-likeness (QED) is 0.784. The molecule has 0 radical (unpaired) electrons. The van der Waals surface area contributed by atoms with Gasteiger partial charge < -0.3 is 10.6 Å². The minimum atomic E-state index is -0.325. The monoisotopic (exact) mass is 282 g/mol. The third-order valence-corrected chi connectivity index (χ3v) is 5.42. The maximum atomic E-state index is 11.8. The van der Waals surface area contributed by atoms with E-state index in [4.69, 9.17) is 0 Å². The van der Waals surface area contributed by atoms with Crippen LogP contribution in [-0.2, 0) is 4.79 Å². The number of hydrogen-bond donors (Lipinski definition) is 2. The van der Waals surface area contributed by atoms with Crippen LogP contribution in [0.3, 0.4) is 0 Å². The minimum absolute atomic E-state index is 0.116. The van der Waals surface area contributed by atoms with Crippen LogP contribution in [0.25, 0.3) is 0 Å². The summed E-state index contributed by atoms with van der Waals surface area (Å²) in [6, 6.07) is 0.586. The topological polar surface area (TPSA) is 41.1 Å². The van der Waals surface area contributed by atoms with Gasteiger partial charge in [-0.1, -0.05) is 27.2 Å². The SMILES string of the molecule is CCC(C)(C)C1CCC(NCC(C)(C)C(=O)NC)CC1. The number of amides is 1. The van der Waals surface area contributed by atoms with Crippen LogP contribution in [0, 0.1) is 16.7 Å². The van der Waals surface area contributed by atoms with Crippen molar-refractivity contribution >= 4 is 5.91 Å². The molecular weight excluding hydrogens is 248 g/mol. The molecule has 0 heterocycles. The van der Waals surface area contributed by atoms with Crippen molar-refractivity contribution in [2.24, 2.45) is 16.7 Å². The van der Waals surface area contributed by atoms with Crippen molar-refractivity contribution in [1.82, 2.24) is 10.6 Å². The molecule has 1 aliphatic carbocycles. The van der Waals surface area contributed by atoms with Gasteiger partial charge >= 0.3 is 0 Å². The second-order valence-corrected chi connectivity index (χ2v) is 7.73. The Morgan fingerprint density at radius 2 is 1.65 bits per heavy atom. The van der Waals surface area contributed by atoms with Crippen LogP contribution < -0.4 is 10.6 Å². The molecule has 3 heteroatoms. The molecule has 0 atom stereocenters. The molecule has 0 spiro atoms. The predicted molar refractivity (Wildman–Crippen MR) is 85.7 cm³/mol. The maximum absolute atomic E-state index is 11.8. The van der Waals surface area contributed by atoms with E-state index in [-0.39, 0.29) is 11.3 Å². The standard InChI is InChI=1S/C17H34N2O/c1-7-16(2,3)13-8-10-14(11-9-13)19-12-17(4,5)15(20)18-6/h13-14,19H,7-12H2,1-6H3,(H,18,20). The summed E-state index contributed by atoms with van der Waals surface area (Å²) in [7, 11) is 1.71. The van der Waals surface area contributed by atoms with Gasteiger partial charge in [0, 0.05) is 19.6 Å². The third-order valence-electron chi connectivity index (χ3n) is 5.42. The van der Waals surface area contributed by atoms with E-state index in [9.17, 15) is 4.79 Å². The molecule has 1 amide bonds. The molecule has 0 unspecified atom stereocenters. The lowest BCUT2D eigenvalue weighted by Gasteiger charge is -2.39. The Morgan fingerprint density at radius 3 is 2.10 bits per heavy atom. The van der Waals surface area contributed by atoms with Crippen molar-refractivity contribution in [3.05, 3.63) is 0 Å². The third kappa shape index (κ3) is 4.47. The summed E-state index contributed by atoms with van der Waals surface area (Å²) in [5.74, 6) is 0.975. The van der Waals surface area contributed by atoms with Gasteiger partial charge in [-0.05, 0) is 50.9 Å². The highest BCUT2D eigenvalue weighted by Gasteiger charge is 2.33. The van der Waals surface area contributed by atoms with E-state index in [1.54, 1.807) is 7.05 Å². The van der Waals surface area contributed by atoms with E-state index in [1.165, 1.54) is 32.1 Å². The van der Waals surface area contributed by atoms with Crippen molar-refractivity contribution in [2.45, 2.75) is 72.8 Å². The zero-order chi connectivity index (χ0) is 15.4. The fourth-order valence-electron chi connectivity index (χ4n) is 3.19. The van der Waals surface area contributed by atoms with Crippen LogP contribution in [0.4, 0.5) is 0 Å².